The molecule has 0 bridgehead atoms. The Hall–Kier alpha value is -0.130. The largest absolute Gasteiger partial charge is 0.381 e. The van der Waals surface area contributed by atoms with Crippen LogP contribution < -0.4 is 15.4 Å². The van der Waals surface area contributed by atoms with E-state index in [2.05, 4.69) is 20.3 Å². The average Bonchev–Trinajstić information content (AvgIpc) is 3.32. The van der Waals surface area contributed by atoms with E-state index in [0.717, 1.165) is 38.1 Å². The van der Waals surface area contributed by atoms with Crippen LogP contribution in [0.2, 0.25) is 0 Å². The van der Waals surface area contributed by atoms with Gasteiger partial charge in [-0.05, 0) is 38.5 Å². The maximum Gasteiger partial charge on any atom is 0.211 e. The highest BCUT2D eigenvalue weighted by molar-refractivity contribution is 14.0. The van der Waals surface area contributed by atoms with E-state index in [1.165, 1.54) is 12.8 Å². The number of halogens is 1. The third-order valence-corrected chi connectivity index (χ3v) is 4.78. The van der Waals surface area contributed by atoms with Gasteiger partial charge in [-0.1, -0.05) is 0 Å². The van der Waals surface area contributed by atoms with Gasteiger partial charge in [-0.25, -0.2) is 13.1 Å². The first-order chi connectivity index (χ1) is 10.6. The standard InChI is InChI=1S/C14H30N4O3S.HI/c1-3-22(19,20)18-10-4-8-16-14(15-2)17-9-5-11-21-12-13-6-7-13;/h13,18H,3-12H2,1-2H3,(H2,15,16,17);1H. The molecule has 0 aromatic carbocycles. The molecular formula is C14H31IN4O3S. The van der Waals surface area contributed by atoms with Crippen molar-refractivity contribution in [3.8, 4) is 0 Å². The van der Waals surface area contributed by atoms with Crippen molar-refractivity contribution < 1.29 is 13.2 Å². The summed E-state index contributed by atoms with van der Waals surface area (Å²) in [4.78, 5) is 4.12. The third-order valence-electron chi connectivity index (χ3n) is 3.38. The molecule has 0 heterocycles. The molecule has 1 rings (SSSR count). The van der Waals surface area contributed by atoms with Gasteiger partial charge in [-0.2, -0.15) is 0 Å². The van der Waals surface area contributed by atoms with Gasteiger partial charge >= 0.3 is 0 Å². The number of nitrogens with zero attached hydrogens (tertiary/aromatic N) is 1. The lowest BCUT2D eigenvalue weighted by Gasteiger charge is -2.12. The summed E-state index contributed by atoms with van der Waals surface area (Å²) >= 11 is 0. The van der Waals surface area contributed by atoms with Crippen molar-refractivity contribution in [3.05, 3.63) is 0 Å². The number of rotatable bonds is 12. The summed E-state index contributed by atoms with van der Waals surface area (Å²) in [7, 11) is -1.37. The minimum Gasteiger partial charge on any atom is -0.381 e. The summed E-state index contributed by atoms with van der Waals surface area (Å²) in [5, 5.41) is 6.37. The Morgan fingerprint density at radius 2 is 1.83 bits per heavy atom. The van der Waals surface area contributed by atoms with Crippen LogP contribution in [0.5, 0.6) is 0 Å². The van der Waals surface area contributed by atoms with Gasteiger partial charge in [0.25, 0.3) is 0 Å². The van der Waals surface area contributed by atoms with Crippen molar-refractivity contribution in [3.63, 3.8) is 0 Å². The van der Waals surface area contributed by atoms with Gasteiger partial charge in [-0.3, -0.25) is 4.99 Å². The zero-order valence-electron chi connectivity index (χ0n) is 14.1. The van der Waals surface area contributed by atoms with Crippen LogP contribution in [0.4, 0.5) is 0 Å². The third kappa shape index (κ3) is 12.9. The van der Waals surface area contributed by atoms with Crippen LogP contribution in [0.25, 0.3) is 0 Å². The van der Waals surface area contributed by atoms with E-state index < -0.39 is 10.0 Å². The highest BCUT2D eigenvalue weighted by Crippen LogP contribution is 2.28. The van der Waals surface area contributed by atoms with Crippen molar-refractivity contribution >= 4 is 40.0 Å². The summed E-state index contributed by atoms with van der Waals surface area (Å²) in [6.07, 6.45) is 4.31. The van der Waals surface area contributed by atoms with Crippen molar-refractivity contribution in [2.24, 2.45) is 10.9 Å². The Labute approximate surface area is 157 Å². The summed E-state index contributed by atoms with van der Waals surface area (Å²) < 4.78 is 30.6. The van der Waals surface area contributed by atoms with Gasteiger partial charge in [-0.15, -0.1) is 24.0 Å². The van der Waals surface area contributed by atoms with Gasteiger partial charge in [0.2, 0.25) is 10.0 Å². The maximum atomic E-state index is 11.2. The average molecular weight is 462 g/mol. The fourth-order valence-electron chi connectivity index (χ4n) is 1.76. The van der Waals surface area contributed by atoms with E-state index in [4.69, 9.17) is 4.74 Å². The molecule has 0 spiro atoms. The Morgan fingerprint density at radius 3 is 2.39 bits per heavy atom. The number of ether oxygens (including phenoxy) is 1. The molecule has 0 aliphatic heterocycles. The molecule has 138 valence electrons. The summed E-state index contributed by atoms with van der Waals surface area (Å²) in [5.74, 6) is 1.67. The van der Waals surface area contributed by atoms with E-state index in [1.807, 2.05) is 0 Å². The topological polar surface area (TPSA) is 91.8 Å². The van der Waals surface area contributed by atoms with E-state index in [0.29, 0.717) is 19.5 Å². The number of sulfonamides is 1. The zero-order valence-corrected chi connectivity index (χ0v) is 17.3. The number of hydrogen-bond donors (Lipinski definition) is 3. The molecule has 0 amide bonds. The number of aliphatic imine (C=N–C) groups is 1. The Bertz CT molecular complexity index is 428. The van der Waals surface area contributed by atoms with Gasteiger partial charge in [0.1, 0.15) is 0 Å². The Kier molecular flexibility index (Phi) is 13.1. The highest BCUT2D eigenvalue weighted by atomic mass is 127. The quantitative estimate of drug-likeness (QED) is 0.174. The second-order valence-electron chi connectivity index (χ2n) is 5.45. The van der Waals surface area contributed by atoms with Crippen molar-refractivity contribution in [1.29, 1.82) is 0 Å². The molecule has 1 aliphatic rings. The zero-order chi connectivity index (χ0) is 16.3. The van der Waals surface area contributed by atoms with Gasteiger partial charge in [0, 0.05) is 39.9 Å². The second kappa shape index (κ2) is 13.2. The van der Waals surface area contributed by atoms with Crippen molar-refractivity contribution in [2.75, 3.05) is 45.6 Å². The van der Waals surface area contributed by atoms with E-state index >= 15 is 0 Å². The summed E-state index contributed by atoms with van der Waals surface area (Å²) in [5.41, 5.74) is 0. The fourth-order valence-corrected chi connectivity index (χ4v) is 2.42. The minimum absolute atomic E-state index is 0. The lowest BCUT2D eigenvalue weighted by Crippen LogP contribution is -2.39. The maximum absolute atomic E-state index is 11.2. The van der Waals surface area contributed by atoms with E-state index in [-0.39, 0.29) is 29.7 Å². The molecule has 0 aromatic heterocycles. The summed E-state index contributed by atoms with van der Waals surface area (Å²) in [6.45, 7) is 5.23. The normalized spacial score (nSPS) is 15.1. The van der Waals surface area contributed by atoms with Crippen LogP contribution in [0, 0.1) is 5.92 Å². The Morgan fingerprint density at radius 1 is 1.17 bits per heavy atom. The minimum atomic E-state index is -3.09. The van der Waals surface area contributed by atoms with Crippen LogP contribution in [-0.4, -0.2) is 60.0 Å². The molecule has 23 heavy (non-hydrogen) atoms. The molecule has 0 radical (unpaired) electrons. The predicted molar refractivity (Wildman–Crippen MR) is 105 cm³/mol. The highest BCUT2D eigenvalue weighted by Gasteiger charge is 2.20. The van der Waals surface area contributed by atoms with Crippen molar-refractivity contribution in [1.82, 2.24) is 15.4 Å². The molecule has 1 aliphatic carbocycles. The molecular weight excluding hydrogens is 431 g/mol. The fraction of sp³-hybridized carbons (Fsp3) is 0.929. The lowest BCUT2D eigenvalue weighted by atomic mass is 10.4. The first-order valence-electron chi connectivity index (χ1n) is 8.07. The number of nitrogens with one attached hydrogen (secondary N) is 3. The monoisotopic (exact) mass is 462 g/mol. The first kappa shape index (κ1) is 22.9. The van der Waals surface area contributed by atoms with Crippen LogP contribution in [0.15, 0.2) is 4.99 Å². The van der Waals surface area contributed by atoms with E-state index in [9.17, 15) is 8.42 Å². The van der Waals surface area contributed by atoms with Gasteiger partial charge in [0.05, 0.1) is 5.75 Å². The van der Waals surface area contributed by atoms with E-state index in [1.54, 1.807) is 14.0 Å². The molecule has 3 N–H and O–H groups in total. The molecule has 9 heteroatoms. The van der Waals surface area contributed by atoms with Crippen molar-refractivity contribution in [2.45, 2.75) is 32.6 Å². The van der Waals surface area contributed by atoms with Crippen LogP contribution >= 0.6 is 24.0 Å². The van der Waals surface area contributed by atoms with Gasteiger partial charge in [0.15, 0.2) is 5.96 Å². The van der Waals surface area contributed by atoms with Crippen LogP contribution in [-0.2, 0) is 14.8 Å². The van der Waals surface area contributed by atoms with Crippen LogP contribution in [0.1, 0.15) is 32.6 Å². The Balaban J connectivity index is 0.00000484. The first-order valence-corrected chi connectivity index (χ1v) is 9.72. The molecule has 0 unspecified atom stereocenters. The van der Waals surface area contributed by atoms with Crippen LogP contribution in [0.3, 0.4) is 0 Å². The molecule has 0 saturated heterocycles. The molecule has 1 fully saturated rings. The SMILES string of the molecule is CCS(=O)(=O)NCCCNC(=NC)NCCCOCC1CC1.I. The molecule has 1 saturated carbocycles. The predicted octanol–water partition coefficient (Wildman–Crippen LogP) is 0.915. The molecule has 7 nitrogen and oxygen atoms in total. The lowest BCUT2D eigenvalue weighted by molar-refractivity contribution is 0.123. The van der Waals surface area contributed by atoms with Gasteiger partial charge < -0.3 is 15.4 Å². The molecule has 0 atom stereocenters. The number of hydrogen-bond acceptors (Lipinski definition) is 4. The molecule has 0 aromatic rings. The summed E-state index contributed by atoms with van der Waals surface area (Å²) in [6, 6.07) is 0. The number of guanidine groups is 1. The second-order valence-corrected chi connectivity index (χ2v) is 7.54. The smallest absolute Gasteiger partial charge is 0.211 e.